The number of carbonyl (C=O) groups excluding carboxylic acids is 2. The lowest BCUT2D eigenvalue weighted by Gasteiger charge is -2.47. The van der Waals surface area contributed by atoms with E-state index in [1.54, 1.807) is 18.2 Å². The Morgan fingerprint density at radius 3 is 2.71 bits per heavy atom. The molecule has 1 heterocycles. The molecule has 21 heavy (non-hydrogen) atoms. The molecule has 1 aromatic carbocycles. The second-order valence-electron chi connectivity index (χ2n) is 5.99. The lowest BCUT2D eigenvalue weighted by Crippen LogP contribution is -2.52. The zero-order valence-electron chi connectivity index (χ0n) is 11.9. The Kier molecular flexibility index (Phi) is 3.68. The number of benzene rings is 1. The Hall–Kier alpha value is -1.88. The highest BCUT2D eigenvalue weighted by atomic mass is 16.5. The van der Waals surface area contributed by atoms with E-state index in [1.807, 2.05) is 0 Å². The van der Waals surface area contributed by atoms with Crippen molar-refractivity contribution in [1.29, 1.82) is 0 Å². The predicted octanol–water partition coefficient (Wildman–Crippen LogP) is 1.62. The lowest BCUT2D eigenvalue weighted by atomic mass is 9.74. The van der Waals surface area contributed by atoms with Crippen LogP contribution in [-0.2, 0) is 4.74 Å². The minimum Gasteiger partial charge on any atom is -0.375 e. The predicted molar refractivity (Wildman–Crippen MR) is 78.0 cm³/mol. The van der Waals surface area contributed by atoms with Gasteiger partial charge >= 0.3 is 0 Å². The van der Waals surface area contributed by atoms with Crippen molar-refractivity contribution in [1.82, 2.24) is 5.32 Å². The van der Waals surface area contributed by atoms with Crippen LogP contribution in [0.1, 0.15) is 52.8 Å². The molecule has 1 saturated carbocycles. The maximum Gasteiger partial charge on any atom is 0.251 e. The third-order valence-corrected chi connectivity index (χ3v) is 4.50. The number of hydrogen-bond donors (Lipinski definition) is 2. The number of hydrogen-bond acceptors (Lipinski definition) is 3. The van der Waals surface area contributed by atoms with Gasteiger partial charge in [-0.1, -0.05) is 6.07 Å². The molecule has 1 aliphatic carbocycles. The van der Waals surface area contributed by atoms with Crippen molar-refractivity contribution in [2.75, 3.05) is 6.61 Å². The summed E-state index contributed by atoms with van der Waals surface area (Å²) in [6.45, 7) is 0.701. The van der Waals surface area contributed by atoms with E-state index in [-0.39, 0.29) is 17.6 Å². The van der Waals surface area contributed by atoms with Crippen LogP contribution in [0.2, 0.25) is 0 Å². The molecule has 0 bridgehead atoms. The molecule has 2 aliphatic rings. The Balaban J connectivity index is 1.65. The van der Waals surface area contributed by atoms with Crippen LogP contribution in [0.25, 0.3) is 0 Å². The zero-order chi connectivity index (χ0) is 14.9. The minimum absolute atomic E-state index is 0.00523. The average Bonchev–Trinajstić information content (AvgIpc) is 2.46. The first-order chi connectivity index (χ1) is 10.1. The van der Waals surface area contributed by atoms with Gasteiger partial charge in [0.1, 0.15) is 0 Å². The molecular weight excluding hydrogens is 268 g/mol. The summed E-state index contributed by atoms with van der Waals surface area (Å²) >= 11 is 0. The quantitative estimate of drug-likeness (QED) is 0.886. The molecule has 1 aromatic rings. The van der Waals surface area contributed by atoms with Gasteiger partial charge in [-0.25, -0.2) is 0 Å². The first kappa shape index (κ1) is 14.1. The number of carbonyl (C=O) groups is 2. The van der Waals surface area contributed by atoms with Gasteiger partial charge in [-0.2, -0.15) is 0 Å². The fourth-order valence-corrected chi connectivity index (χ4v) is 3.15. The highest BCUT2D eigenvalue weighted by molar-refractivity contribution is 5.99. The highest BCUT2D eigenvalue weighted by Crippen LogP contribution is 2.42. The second-order valence-corrected chi connectivity index (χ2v) is 5.99. The maximum absolute atomic E-state index is 12.3. The molecule has 1 spiro atoms. The normalized spacial score (nSPS) is 23.3. The van der Waals surface area contributed by atoms with Gasteiger partial charge in [0.05, 0.1) is 5.60 Å². The summed E-state index contributed by atoms with van der Waals surface area (Å²) in [6.07, 6.45) is 5.12. The molecule has 2 fully saturated rings. The first-order valence-corrected chi connectivity index (χ1v) is 7.43. The average molecular weight is 288 g/mol. The van der Waals surface area contributed by atoms with Crippen LogP contribution in [0.3, 0.4) is 0 Å². The molecule has 1 aliphatic heterocycles. The Labute approximate surface area is 123 Å². The molecule has 112 valence electrons. The van der Waals surface area contributed by atoms with Crippen molar-refractivity contribution in [3.05, 3.63) is 35.4 Å². The topological polar surface area (TPSA) is 81.4 Å². The molecule has 1 atom stereocenters. The summed E-state index contributed by atoms with van der Waals surface area (Å²) in [4.78, 5) is 23.5. The maximum atomic E-state index is 12.3. The summed E-state index contributed by atoms with van der Waals surface area (Å²) in [5, 5.41) is 3.05. The van der Waals surface area contributed by atoms with Crippen molar-refractivity contribution in [2.45, 2.75) is 43.7 Å². The van der Waals surface area contributed by atoms with E-state index in [2.05, 4.69) is 5.32 Å². The molecule has 3 rings (SSSR count). The van der Waals surface area contributed by atoms with E-state index < -0.39 is 5.91 Å². The van der Waals surface area contributed by atoms with Gasteiger partial charge in [0, 0.05) is 23.8 Å². The monoisotopic (exact) mass is 288 g/mol. The molecule has 1 unspecified atom stereocenters. The summed E-state index contributed by atoms with van der Waals surface area (Å²) in [5.41, 5.74) is 6.07. The van der Waals surface area contributed by atoms with Crippen LogP contribution in [0.15, 0.2) is 24.3 Å². The molecule has 0 aromatic heterocycles. The van der Waals surface area contributed by atoms with Crippen molar-refractivity contribution in [3.8, 4) is 0 Å². The molecule has 3 N–H and O–H groups in total. The van der Waals surface area contributed by atoms with Gasteiger partial charge in [-0.05, 0) is 50.3 Å². The summed E-state index contributed by atoms with van der Waals surface area (Å²) in [6, 6.07) is 6.66. The number of amides is 2. The standard InChI is InChI=1S/C16H20N2O3/c17-14(19)11-3-1-4-12(9-11)15(20)18-13-5-8-21-16(10-13)6-2-7-16/h1,3-4,9,13H,2,5-8,10H2,(H2,17,19)(H,18,20). The van der Waals surface area contributed by atoms with E-state index in [1.165, 1.54) is 12.5 Å². The number of primary amides is 1. The number of nitrogens with one attached hydrogen (secondary N) is 1. The van der Waals surface area contributed by atoms with Crippen LogP contribution in [0.5, 0.6) is 0 Å². The number of ether oxygens (including phenoxy) is 1. The van der Waals surface area contributed by atoms with Crippen molar-refractivity contribution in [2.24, 2.45) is 5.73 Å². The molecule has 0 radical (unpaired) electrons. The molecule has 1 saturated heterocycles. The van der Waals surface area contributed by atoms with Crippen molar-refractivity contribution >= 4 is 11.8 Å². The lowest BCUT2D eigenvalue weighted by molar-refractivity contribution is -0.134. The van der Waals surface area contributed by atoms with Gasteiger partial charge in [0.25, 0.3) is 5.91 Å². The third-order valence-electron chi connectivity index (χ3n) is 4.50. The van der Waals surface area contributed by atoms with E-state index in [4.69, 9.17) is 10.5 Å². The van der Waals surface area contributed by atoms with E-state index >= 15 is 0 Å². The van der Waals surface area contributed by atoms with E-state index in [0.717, 1.165) is 25.7 Å². The second kappa shape index (κ2) is 5.48. The fourth-order valence-electron chi connectivity index (χ4n) is 3.15. The fraction of sp³-hybridized carbons (Fsp3) is 0.500. The van der Waals surface area contributed by atoms with Gasteiger partial charge in [0.2, 0.25) is 5.91 Å². The Bertz CT molecular complexity index is 566. The highest BCUT2D eigenvalue weighted by Gasteiger charge is 2.42. The molecule has 5 nitrogen and oxygen atoms in total. The van der Waals surface area contributed by atoms with E-state index in [9.17, 15) is 9.59 Å². The van der Waals surface area contributed by atoms with Crippen LogP contribution >= 0.6 is 0 Å². The van der Waals surface area contributed by atoms with Crippen LogP contribution in [0, 0.1) is 0 Å². The molecule has 2 amide bonds. The van der Waals surface area contributed by atoms with Crippen LogP contribution in [0.4, 0.5) is 0 Å². The Morgan fingerprint density at radius 2 is 2.05 bits per heavy atom. The summed E-state index contributed by atoms with van der Waals surface area (Å²) in [5.74, 6) is -0.677. The first-order valence-electron chi connectivity index (χ1n) is 7.43. The summed E-state index contributed by atoms with van der Waals surface area (Å²) < 4.78 is 5.86. The van der Waals surface area contributed by atoms with Gasteiger partial charge in [-0.15, -0.1) is 0 Å². The van der Waals surface area contributed by atoms with Crippen LogP contribution < -0.4 is 11.1 Å². The van der Waals surface area contributed by atoms with Crippen molar-refractivity contribution in [3.63, 3.8) is 0 Å². The van der Waals surface area contributed by atoms with Gasteiger partial charge in [0.15, 0.2) is 0 Å². The van der Waals surface area contributed by atoms with Crippen molar-refractivity contribution < 1.29 is 14.3 Å². The largest absolute Gasteiger partial charge is 0.375 e. The Morgan fingerprint density at radius 1 is 1.29 bits per heavy atom. The summed E-state index contributed by atoms with van der Waals surface area (Å²) in [7, 11) is 0. The van der Waals surface area contributed by atoms with Crippen LogP contribution in [-0.4, -0.2) is 30.1 Å². The van der Waals surface area contributed by atoms with Gasteiger partial charge in [-0.3, -0.25) is 9.59 Å². The minimum atomic E-state index is -0.524. The van der Waals surface area contributed by atoms with Gasteiger partial charge < -0.3 is 15.8 Å². The molecule has 5 heteroatoms. The zero-order valence-corrected chi connectivity index (χ0v) is 11.9. The SMILES string of the molecule is NC(=O)c1cccc(C(=O)NC2CCOC3(CCC3)C2)c1. The smallest absolute Gasteiger partial charge is 0.251 e. The third kappa shape index (κ3) is 2.93. The number of nitrogens with two attached hydrogens (primary N) is 1. The number of rotatable bonds is 3. The van der Waals surface area contributed by atoms with E-state index in [0.29, 0.717) is 17.7 Å². The molecular formula is C16H20N2O3.